The van der Waals surface area contributed by atoms with Crippen LogP contribution in [0.1, 0.15) is 0 Å². The van der Waals surface area contributed by atoms with Gasteiger partial charge >= 0.3 is 0 Å². The number of benzene rings is 6. The third-order valence-corrected chi connectivity index (χ3v) is 10.8. The summed E-state index contributed by atoms with van der Waals surface area (Å²) in [5, 5.41) is 1.48. The number of aromatic nitrogens is 1. The predicted octanol–water partition coefficient (Wildman–Crippen LogP) is 11.6. The molecule has 46 heavy (non-hydrogen) atoms. The normalized spacial score (nSPS) is 11.4. The number of pyridine rings is 1. The summed E-state index contributed by atoms with van der Waals surface area (Å²) in [4.78, 5) is 5.25. The Morgan fingerprint density at radius 3 is 1.26 bits per heavy atom. The maximum Gasteiger partial charge on any atom is 0.0775 e. The summed E-state index contributed by atoms with van der Waals surface area (Å²) >= 11 is 0. The fraction of sp³-hybridized carbons (Fsp3) is 0.0682. The topological polar surface area (TPSA) is 12.9 Å². The highest BCUT2D eigenvalue weighted by Gasteiger charge is 2.16. The van der Waals surface area contributed by atoms with Gasteiger partial charge in [-0.05, 0) is 56.6 Å². The smallest absolute Gasteiger partial charge is 0.0775 e. The summed E-state index contributed by atoms with van der Waals surface area (Å²) in [6, 6.07) is 61.0. The van der Waals surface area contributed by atoms with Crippen molar-refractivity contribution in [1.29, 1.82) is 0 Å². The van der Waals surface area contributed by atoms with Gasteiger partial charge in [-0.3, -0.25) is 0 Å². The molecule has 0 aliphatic heterocycles. The number of rotatable bonds is 7. The lowest BCUT2D eigenvalue weighted by Gasteiger charge is -2.17. The Labute approximate surface area is 273 Å². The molecule has 1 aromatic heterocycles. The van der Waals surface area contributed by atoms with Crippen molar-refractivity contribution in [3.8, 4) is 67.0 Å². The summed E-state index contributed by atoms with van der Waals surface area (Å²) < 4.78 is 0. The van der Waals surface area contributed by atoms with Crippen LogP contribution in [0.2, 0.25) is 19.6 Å². The summed E-state index contributed by atoms with van der Waals surface area (Å²) in [7, 11) is -1.32. The van der Waals surface area contributed by atoms with Crippen LogP contribution in [0, 0.1) is 0 Å². The van der Waals surface area contributed by atoms with Gasteiger partial charge in [0.15, 0.2) is 0 Å². The van der Waals surface area contributed by atoms with Crippen molar-refractivity contribution < 1.29 is 0 Å². The van der Waals surface area contributed by atoms with E-state index in [2.05, 4.69) is 189 Å². The van der Waals surface area contributed by atoms with E-state index in [0.717, 1.165) is 28.1 Å². The first-order valence-electron chi connectivity index (χ1n) is 16.0. The molecule has 0 spiro atoms. The highest BCUT2D eigenvalue weighted by atomic mass is 28.3. The summed E-state index contributed by atoms with van der Waals surface area (Å²) in [6.07, 6.45) is 0. The Kier molecular flexibility index (Phi) is 8.05. The molecule has 0 atom stereocenters. The van der Waals surface area contributed by atoms with E-state index in [1.807, 2.05) is 0 Å². The van der Waals surface area contributed by atoms with Crippen molar-refractivity contribution in [3.63, 3.8) is 0 Å². The SMILES string of the molecule is C[Si](C)(C)c1ccc(-c2ccc(-c3ccccc3-c3cc(-c4ccc(-c5ccccc5)cc4)cc(-c4ccccc4)n3)cc2)cc1. The van der Waals surface area contributed by atoms with Crippen molar-refractivity contribution in [3.05, 3.63) is 170 Å². The minimum Gasteiger partial charge on any atom is -0.248 e. The molecular formula is C44H37NSi. The number of hydrogen-bond acceptors (Lipinski definition) is 1. The minimum absolute atomic E-state index is 0.963. The van der Waals surface area contributed by atoms with Crippen LogP contribution in [0.4, 0.5) is 0 Å². The van der Waals surface area contributed by atoms with Gasteiger partial charge in [0, 0.05) is 11.1 Å². The molecule has 0 unspecified atom stereocenters. The molecule has 2 heteroatoms. The number of hydrogen-bond donors (Lipinski definition) is 0. The molecule has 6 aromatic carbocycles. The molecule has 7 rings (SSSR count). The van der Waals surface area contributed by atoms with Crippen LogP contribution in [-0.2, 0) is 0 Å². The molecule has 0 aliphatic rings. The molecule has 0 radical (unpaired) electrons. The minimum atomic E-state index is -1.32. The molecular weight excluding hydrogens is 571 g/mol. The lowest BCUT2D eigenvalue weighted by molar-refractivity contribution is 1.32. The molecule has 0 aliphatic carbocycles. The Morgan fingerprint density at radius 1 is 0.326 bits per heavy atom. The first kappa shape index (κ1) is 29.4. The van der Waals surface area contributed by atoms with Gasteiger partial charge < -0.3 is 0 Å². The Morgan fingerprint density at radius 2 is 0.717 bits per heavy atom. The van der Waals surface area contributed by atoms with Gasteiger partial charge in [-0.2, -0.15) is 0 Å². The van der Waals surface area contributed by atoms with E-state index in [-0.39, 0.29) is 0 Å². The maximum atomic E-state index is 5.25. The average Bonchev–Trinajstić information content (AvgIpc) is 3.12. The molecule has 0 amide bonds. The molecule has 1 nitrogen and oxygen atoms in total. The van der Waals surface area contributed by atoms with Gasteiger partial charge in [0.05, 0.1) is 19.5 Å². The van der Waals surface area contributed by atoms with Gasteiger partial charge in [-0.15, -0.1) is 0 Å². The predicted molar refractivity (Wildman–Crippen MR) is 200 cm³/mol. The fourth-order valence-corrected chi connectivity index (χ4v) is 7.21. The molecule has 0 bridgehead atoms. The third kappa shape index (κ3) is 6.26. The van der Waals surface area contributed by atoms with E-state index < -0.39 is 8.07 Å². The summed E-state index contributed by atoms with van der Waals surface area (Å²) in [5.41, 5.74) is 13.7. The monoisotopic (exact) mass is 607 g/mol. The van der Waals surface area contributed by atoms with Crippen molar-refractivity contribution in [1.82, 2.24) is 4.98 Å². The molecule has 0 fully saturated rings. The van der Waals surface area contributed by atoms with E-state index in [9.17, 15) is 0 Å². The summed E-state index contributed by atoms with van der Waals surface area (Å²) in [6.45, 7) is 7.18. The lowest BCUT2D eigenvalue weighted by Crippen LogP contribution is -2.37. The summed E-state index contributed by atoms with van der Waals surface area (Å²) in [5.74, 6) is 0. The highest BCUT2D eigenvalue weighted by Crippen LogP contribution is 2.36. The van der Waals surface area contributed by atoms with Crippen LogP contribution in [0.15, 0.2) is 170 Å². The van der Waals surface area contributed by atoms with Gasteiger partial charge in [0.1, 0.15) is 0 Å². The Balaban J connectivity index is 1.27. The molecule has 1 heterocycles. The first-order valence-corrected chi connectivity index (χ1v) is 19.5. The zero-order valence-electron chi connectivity index (χ0n) is 26.6. The van der Waals surface area contributed by atoms with Crippen LogP contribution >= 0.6 is 0 Å². The zero-order valence-corrected chi connectivity index (χ0v) is 27.6. The standard InChI is InChI=1S/C44H37NSi/c1-46(2,3)40-28-26-35(27-29-40)34-22-24-37(25-23-34)41-16-10-11-17-42(41)44-31-39(30-43(45-44)38-14-8-5-9-15-38)36-20-18-33(19-21-36)32-12-6-4-7-13-32/h4-31H,1-3H3. The second-order valence-corrected chi connectivity index (χ2v) is 18.0. The Bertz CT molecular complexity index is 2070. The van der Waals surface area contributed by atoms with E-state index in [4.69, 9.17) is 4.98 Å². The molecule has 7 aromatic rings. The second-order valence-electron chi connectivity index (χ2n) is 12.9. The lowest BCUT2D eigenvalue weighted by atomic mass is 9.93. The van der Waals surface area contributed by atoms with E-state index in [0.29, 0.717) is 0 Å². The van der Waals surface area contributed by atoms with Crippen LogP contribution in [0.3, 0.4) is 0 Å². The van der Waals surface area contributed by atoms with E-state index in [1.165, 1.54) is 44.1 Å². The van der Waals surface area contributed by atoms with Gasteiger partial charge in [0.2, 0.25) is 0 Å². The third-order valence-electron chi connectivity index (χ3n) is 8.70. The van der Waals surface area contributed by atoms with Crippen LogP contribution in [-0.4, -0.2) is 13.1 Å². The van der Waals surface area contributed by atoms with Gasteiger partial charge in [-0.1, -0.05) is 183 Å². The van der Waals surface area contributed by atoms with Crippen LogP contribution in [0.25, 0.3) is 67.0 Å². The second kappa shape index (κ2) is 12.6. The Hall–Kier alpha value is -5.31. The molecule has 222 valence electrons. The largest absolute Gasteiger partial charge is 0.248 e. The fourth-order valence-electron chi connectivity index (χ4n) is 6.04. The van der Waals surface area contributed by atoms with E-state index >= 15 is 0 Å². The van der Waals surface area contributed by atoms with Crippen molar-refractivity contribution in [2.75, 3.05) is 0 Å². The van der Waals surface area contributed by atoms with E-state index in [1.54, 1.807) is 0 Å². The van der Waals surface area contributed by atoms with Crippen molar-refractivity contribution in [2.45, 2.75) is 19.6 Å². The highest BCUT2D eigenvalue weighted by molar-refractivity contribution is 6.88. The van der Waals surface area contributed by atoms with Gasteiger partial charge in [-0.25, -0.2) is 4.98 Å². The molecule has 0 saturated carbocycles. The van der Waals surface area contributed by atoms with Crippen LogP contribution in [0.5, 0.6) is 0 Å². The average molecular weight is 608 g/mol. The quantitative estimate of drug-likeness (QED) is 0.164. The maximum absolute atomic E-state index is 5.25. The van der Waals surface area contributed by atoms with Crippen LogP contribution < -0.4 is 5.19 Å². The van der Waals surface area contributed by atoms with Crippen molar-refractivity contribution in [2.24, 2.45) is 0 Å². The zero-order chi connectivity index (χ0) is 31.5. The molecule has 0 saturated heterocycles. The molecule has 0 N–H and O–H groups in total. The first-order chi connectivity index (χ1) is 22.4. The van der Waals surface area contributed by atoms with Gasteiger partial charge in [0.25, 0.3) is 0 Å². The van der Waals surface area contributed by atoms with Crippen molar-refractivity contribution >= 4 is 13.3 Å². The number of nitrogens with zero attached hydrogens (tertiary/aromatic N) is 1.